The standard InChI is InChI=1S/C18H19NO3S/c20-14-9-13(10-14)17(16-2-1-7-23-16)19-18(21)12-3-4-15-11(8-12)5-6-22-15/h1-4,7-8,13-14,17,20H,5-6,9-10H2,(H,19,21)/t13?,14?,17-/m1/s1. The van der Waals surface area contributed by atoms with Gasteiger partial charge >= 0.3 is 0 Å². The minimum absolute atomic E-state index is 0.0181. The van der Waals surface area contributed by atoms with E-state index >= 15 is 0 Å². The first-order valence-corrected chi connectivity index (χ1v) is 8.87. The molecule has 0 bridgehead atoms. The van der Waals surface area contributed by atoms with Crippen LogP contribution in [0.5, 0.6) is 5.75 Å². The molecule has 1 saturated carbocycles. The minimum atomic E-state index is -0.225. The van der Waals surface area contributed by atoms with E-state index in [1.54, 1.807) is 11.3 Å². The number of rotatable bonds is 4. The Kier molecular flexibility index (Phi) is 3.83. The number of carbonyl (C=O) groups is 1. The average molecular weight is 329 g/mol. The minimum Gasteiger partial charge on any atom is -0.493 e. The largest absolute Gasteiger partial charge is 0.493 e. The van der Waals surface area contributed by atoms with Crippen LogP contribution >= 0.6 is 11.3 Å². The van der Waals surface area contributed by atoms with E-state index in [0.717, 1.165) is 35.5 Å². The summed E-state index contributed by atoms with van der Waals surface area (Å²) in [7, 11) is 0. The second-order valence-electron chi connectivity index (χ2n) is 6.27. The number of nitrogens with one attached hydrogen (secondary N) is 1. The van der Waals surface area contributed by atoms with E-state index in [1.807, 2.05) is 29.6 Å². The fourth-order valence-electron chi connectivity index (χ4n) is 3.34. The Labute approximate surface area is 139 Å². The molecule has 2 aromatic rings. The van der Waals surface area contributed by atoms with Gasteiger partial charge in [-0.25, -0.2) is 0 Å². The summed E-state index contributed by atoms with van der Waals surface area (Å²) >= 11 is 1.65. The van der Waals surface area contributed by atoms with Crippen LogP contribution in [0, 0.1) is 5.92 Å². The fraction of sp³-hybridized carbons (Fsp3) is 0.389. The third kappa shape index (κ3) is 2.86. The molecular weight excluding hydrogens is 310 g/mol. The SMILES string of the molecule is O=C(N[C@@H](c1cccs1)C1CC(O)C1)c1ccc2c(c1)CCO2. The van der Waals surface area contributed by atoms with Gasteiger partial charge in [0.2, 0.25) is 0 Å². The second kappa shape index (κ2) is 5.98. The molecule has 1 fully saturated rings. The molecule has 0 unspecified atom stereocenters. The second-order valence-corrected chi connectivity index (χ2v) is 7.25. The van der Waals surface area contributed by atoms with Crippen LogP contribution in [-0.4, -0.2) is 23.7 Å². The Morgan fingerprint density at radius 2 is 2.22 bits per heavy atom. The molecule has 4 nitrogen and oxygen atoms in total. The van der Waals surface area contributed by atoms with Gasteiger partial charge in [-0.3, -0.25) is 4.79 Å². The molecule has 2 N–H and O–H groups in total. The van der Waals surface area contributed by atoms with Gasteiger partial charge in [-0.05, 0) is 54.0 Å². The third-order valence-corrected chi connectivity index (χ3v) is 5.66. The molecule has 1 amide bonds. The van der Waals surface area contributed by atoms with E-state index in [2.05, 4.69) is 11.4 Å². The highest BCUT2D eigenvalue weighted by Crippen LogP contribution is 2.39. The topological polar surface area (TPSA) is 58.6 Å². The lowest BCUT2D eigenvalue weighted by Gasteiger charge is -2.37. The highest BCUT2D eigenvalue weighted by atomic mass is 32.1. The van der Waals surface area contributed by atoms with Crippen LogP contribution in [0.25, 0.3) is 0 Å². The highest BCUT2D eigenvalue weighted by Gasteiger charge is 2.36. The zero-order valence-electron chi connectivity index (χ0n) is 12.7. The lowest BCUT2D eigenvalue weighted by molar-refractivity contribution is 0.0241. The van der Waals surface area contributed by atoms with Crippen molar-refractivity contribution >= 4 is 17.2 Å². The van der Waals surface area contributed by atoms with Crippen molar-refractivity contribution in [1.29, 1.82) is 0 Å². The third-order valence-electron chi connectivity index (χ3n) is 4.71. The zero-order chi connectivity index (χ0) is 15.8. The van der Waals surface area contributed by atoms with Crippen LogP contribution in [0.15, 0.2) is 35.7 Å². The van der Waals surface area contributed by atoms with Gasteiger partial charge < -0.3 is 15.2 Å². The number of amides is 1. The number of fused-ring (bicyclic) bond motifs is 1. The summed E-state index contributed by atoms with van der Waals surface area (Å²) in [5, 5.41) is 14.8. The first kappa shape index (κ1) is 14.7. The molecule has 4 rings (SSSR count). The normalized spacial score (nSPS) is 23.5. The number of aliphatic hydroxyl groups is 1. The van der Waals surface area contributed by atoms with Crippen LogP contribution in [0.1, 0.15) is 39.7 Å². The molecule has 1 aromatic heterocycles. The Morgan fingerprint density at radius 1 is 1.35 bits per heavy atom. The first-order chi connectivity index (χ1) is 11.2. The molecule has 1 aliphatic carbocycles. The predicted molar refractivity (Wildman–Crippen MR) is 88.9 cm³/mol. The molecule has 1 atom stereocenters. The summed E-state index contributed by atoms with van der Waals surface area (Å²) in [5.74, 6) is 1.14. The molecule has 0 radical (unpaired) electrons. The zero-order valence-corrected chi connectivity index (χ0v) is 13.5. The predicted octanol–water partition coefficient (Wildman–Crippen LogP) is 2.93. The smallest absolute Gasteiger partial charge is 0.251 e. The summed E-state index contributed by atoms with van der Waals surface area (Å²) in [6, 6.07) is 9.66. The van der Waals surface area contributed by atoms with Crippen LogP contribution in [0.2, 0.25) is 0 Å². The number of benzene rings is 1. The van der Waals surface area contributed by atoms with Crippen molar-refractivity contribution in [3.63, 3.8) is 0 Å². The number of hydrogen-bond acceptors (Lipinski definition) is 4. The van der Waals surface area contributed by atoms with Crippen molar-refractivity contribution in [1.82, 2.24) is 5.32 Å². The van der Waals surface area contributed by atoms with Crippen LogP contribution in [-0.2, 0) is 6.42 Å². The molecule has 1 aliphatic heterocycles. The summed E-state index contributed by atoms with van der Waals surface area (Å²) in [6.45, 7) is 0.693. The van der Waals surface area contributed by atoms with Crippen molar-refractivity contribution in [3.05, 3.63) is 51.7 Å². The maximum Gasteiger partial charge on any atom is 0.251 e. The number of hydrogen-bond donors (Lipinski definition) is 2. The number of aliphatic hydroxyl groups excluding tert-OH is 1. The van der Waals surface area contributed by atoms with Gasteiger partial charge in [0, 0.05) is 16.9 Å². The Bertz CT molecular complexity index is 707. The number of ether oxygens (including phenoxy) is 1. The maximum atomic E-state index is 12.7. The van der Waals surface area contributed by atoms with Gasteiger partial charge in [0.1, 0.15) is 5.75 Å². The summed E-state index contributed by atoms with van der Waals surface area (Å²) < 4.78 is 5.49. The maximum absolute atomic E-state index is 12.7. The Hall–Kier alpha value is -1.85. The Morgan fingerprint density at radius 3 is 2.96 bits per heavy atom. The highest BCUT2D eigenvalue weighted by molar-refractivity contribution is 7.10. The van der Waals surface area contributed by atoms with E-state index in [0.29, 0.717) is 18.1 Å². The van der Waals surface area contributed by atoms with Crippen molar-refractivity contribution in [2.24, 2.45) is 5.92 Å². The van der Waals surface area contributed by atoms with E-state index < -0.39 is 0 Å². The monoisotopic (exact) mass is 329 g/mol. The summed E-state index contributed by atoms with van der Waals surface area (Å²) in [5.41, 5.74) is 1.78. The van der Waals surface area contributed by atoms with Gasteiger partial charge in [-0.1, -0.05) is 6.07 Å². The van der Waals surface area contributed by atoms with E-state index in [1.165, 1.54) is 0 Å². The molecular formula is C18H19NO3S. The van der Waals surface area contributed by atoms with Gasteiger partial charge in [-0.15, -0.1) is 11.3 Å². The van der Waals surface area contributed by atoms with Crippen molar-refractivity contribution in [2.45, 2.75) is 31.4 Å². The van der Waals surface area contributed by atoms with Crippen LogP contribution in [0.3, 0.4) is 0 Å². The molecule has 0 spiro atoms. The van der Waals surface area contributed by atoms with Crippen LogP contribution < -0.4 is 10.1 Å². The van der Waals surface area contributed by atoms with E-state index in [4.69, 9.17) is 4.74 Å². The first-order valence-electron chi connectivity index (χ1n) is 7.99. The molecule has 2 aliphatic rings. The average Bonchev–Trinajstić information content (AvgIpc) is 3.19. The molecule has 5 heteroatoms. The molecule has 120 valence electrons. The molecule has 23 heavy (non-hydrogen) atoms. The fourth-order valence-corrected chi connectivity index (χ4v) is 4.21. The summed E-state index contributed by atoms with van der Waals surface area (Å²) in [4.78, 5) is 13.8. The summed E-state index contributed by atoms with van der Waals surface area (Å²) in [6.07, 6.45) is 2.14. The van der Waals surface area contributed by atoms with E-state index in [9.17, 15) is 9.90 Å². The van der Waals surface area contributed by atoms with Crippen molar-refractivity contribution in [2.75, 3.05) is 6.61 Å². The lowest BCUT2D eigenvalue weighted by Crippen LogP contribution is -2.41. The van der Waals surface area contributed by atoms with Gasteiger partial charge in [0.05, 0.1) is 18.8 Å². The number of thiophene rings is 1. The van der Waals surface area contributed by atoms with Gasteiger partial charge in [-0.2, -0.15) is 0 Å². The Balaban J connectivity index is 1.53. The van der Waals surface area contributed by atoms with Gasteiger partial charge in [0.15, 0.2) is 0 Å². The van der Waals surface area contributed by atoms with Crippen molar-refractivity contribution < 1.29 is 14.6 Å². The van der Waals surface area contributed by atoms with E-state index in [-0.39, 0.29) is 18.1 Å². The van der Waals surface area contributed by atoms with Crippen LogP contribution in [0.4, 0.5) is 0 Å². The molecule has 1 aromatic carbocycles. The van der Waals surface area contributed by atoms with Crippen molar-refractivity contribution in [3.8, 4) is 5.75 Å². The molecule has 2 heterocycles. The number of carbonyl (C=O) groups excluding carboxylic acids is 1. The molecule has 0 saturated heterocycles. The van der Waals surface area contributed by atoms with Gasteiger partial charge in [0.25, 0.3) is 5.91 Å². The quantitative estimate of drug-likeness (QED) is 0.907. The lowest BCUT2D eigenvalue weighted by atomic mass is 9.76.